The highest BCUT2D eigenvalue weighted by molar-refractivity contribution is 5.90. The second-order valence-electron chi connectivity index (χ2n) is 6.59. The van der Waals surface area contributed by atoms with E-state index in [1.54, 1.807) is 37.3 Å². The number of likely N-dealkylation sites (tertiary alicyclic amines) is 1. The van der Waals surface area contributed by atoms with E-state index in [2.05, 4.69) is 0 Å². The molecule has 132 valence electrons. The molecule has 2 fully saturated rings. The number of hydrogen-bond donors (Lipinski definition) is 0. The Hall–Kier alpha value is -2.54. The maximum atomic E-state index is 12.9. The molecule has 0 N–H and O–H groups in total. The SMILES string of the molecule is COc1ccc(CN2C[C@@]34C=C[C@H](O3)[C@H](C(=O)[O-])[C@@H]4C2=O)c(OC)c1. The van der Waals surface area contributed by atoms with Crippen LogP contribution in [0.15, 0.2) is 30.4 Å². The molecule has 25 heavy (non-hydrogen) atoms. The first-order chi connectivity index (χ1) is 12.0. The minimum Gasteiger partial charge on any atom is -0.550 e. The molecule has 0 radical (unpaired) electrons. The number of carbonyl (C=O) groups excluding carboxylic acids is 2. The molecule has 3 aliphatic rings. The Bertz CT molecular complexity index is 775. The third-order valence-corrected chi connectivity index (χ3v) is 5.31. The smallest absolute Gasteiger partial charge is 0.230 e. The second-order valence-corrected chi connectivity index (χ2v) is 6.59. The number of benzene rings is 1. The van der Waals surface area contributed by atoms with Gasteiger partial charge in [-0.3, -0.25) is 4.79 Å². The summed E-state index contributed by atoms with van der Waals surface area (Å²) in [5, 5.41) is 11.5. The van der Waals surface area contributed by atoms with Gasteiger partial charge in [0.25, 0.3) is 0 Å². The molecule has 0 aliphatic carbocycles. The Kier molecular flexibility index (Phi) is 3.50. The monoisotopic (exact) mass is 344 g/mol. The Morgan fingerprint density at radius 2 is 2.20 bits per heavy atom. The van der Waals surface area contributed by atoms with Crippen LogP contribution in [0.1, 0.15) is 5.56 Å². The molecule has 2 saturated heterocycles. The van der Waals surface area contributed by atoms with Crippen molar-refractivity contribution in [2.24, 2.45) is 11.8 Å². The number of methoxy groups -OCH3 is 2. The van der Waals surface area contributed by atoms with Crippen molar-refractivity contribution in [3.05, 3.63) is 35.9 Å². The fourth-order valence-electron chi connectivity index (χ4n) is 4.17. The molecule has 1 amide bonds. The molecule has 7 nitrogen and oxygen atoms in total. The van der Waals surface area contributed by atoms with Crippen molar-refractivity contribution in [3.63, 3.8) is 0 Å². The molecule has 4 rings (SSSR count). The van der Waals surface area contributed by atoms with Crippen LogP contribution in [-0.4, -0.2) is 49.2 Å². The van der Waals surface area contributed by atoms with E-state index >= 15 is 0 Å². The van der Waals surface area contributed by atoms with Gasteiger partial charge in [-0.05, 0) is 12.1 Å². The van der Waals surface area contributed by atoms with E-state index in [1.807, 2.05) is 12.1 Å². The normalized spacial score (nSPS) is 32.2. The molecule has 0 aromatic heterocycles. The molecule has 1 spiro atoms. The highest BCUT2D eigenvalue weighted by Crippen LogP contribution is 2.52. The van der Waals surface area contributed by atoms with Crippen molar-refractivity contribution in [1.82, 2.24) is 4.90 Å². The van der Waals surface area contributed by atoms with Crippen LogP contribution in [-0.2, 0) is 20.9 Å². The van der Waals surface area contributed by atoms with Gasteiger partial charge in [-0.15, -0.1) is 0 Å². The van der Waals surface area contributed by atoms with E-state index in [4.69, 9.17) is 14.2 Å². The van der Waals surface area contributed by atoms with Gasteiger partial charge in [-0.25, -0.2) is 0 Å². The Labute approximate surface area is 144 Å². The third-order valence-electron chi connectivity index (χ3n) is 5.31. The third kappa shape index (κ3) is 2.22. The number of nitrogens with zero attached hydrogens (tertiary/aromatic N) is 1. The lowest BCUT2D eigenvalue weighted by Crippen LogP contribution is -2.45. The zero-order valence-corrected chi connectivity index (χ0v) is 13.9. The number of carboxylic acid groups (broad SMARTS) is 1. The van der Waals surface area contributed by atoms with Crippen LogP contribution in [0.2, 0.25) is 0 Å². The predicted molar refractivity (Wildman–Crippen MR) is 83.7 cm³/mol. The summed E-state index contributed by atoms with van der Waals surface area (Å²) in [7, 11) is 3.12. The number of carboxylic acids is 1. The molecule has 0 saturated carbocycles. The number of carbonyl (C=O) groups is 2. The van der Waals surface area contributed by atoms with Gasteiger partial charge in [0, 0.05) is 30.1 Å². The van der Waals surface area contributed by atoms with Crippen molar-refractivity contribution in [1.29, 1.82) is 0 Å². The number of rotatable bonds is 5. The first kappa shape index (κ1) is 16.0. The lowest BCUT2D eigenvalue weighted by molar-refractivity contribution is -0.313. The first-order valence-corrected chi connectivity index (χ1v) is 8.07. The van der Waals surface area contributed by atoms with Crippen LogP contribution in [0.4, 0.5) is 0 Å². The van der Waals surface area contributed by atoms with E-state index in [0.29, 0.717) is 24.6 Å². The summed E-state index contributed by atoms with van der Waals surface area (Å²) in [6.07, 6.45) is 2.98. The molecule has 3 aliphatic heterocycles. The van der Waals surface area contributed by atoms with Crippen molar-refractivity contribution in [2.45, 2.75) is 18.2 Å². The summed E-state index contributed by atoms with van der Waals surface area (Å²) in [6, 6.07) is 5.38. The summed E-state index contributed by atoms with van der Waals surface area (Å²) in [5.74, 6) is -1.85. The summed E-state index contributed by atoms with van der Waals surface area (Å²) < 4.78 is 16.4. The van der Waals surface area contributed by atoms with Gasteiger partial charge in [-0.2, -0.15) is 0 Å². The van der Waals surface area contributed by atoms with Crippen LogP contribution < -0.4 is 14.6 Å². The molecule has 0 unspecified atom stereocenters. The zero-order chi connectivity index (χ0) is 17.8. The van der Waals surface area contributed by atoms with E-state index in [1.165, 1.54) is 0 Å². The average Bonchev–Trinajstić information content (AvgIpc) is 3.23. The van der Waals surface area contributed by atoms with Crippen molar-refractivity contribution >= 4 is 11.9 Å². The van der Waals surface area contributed by atoms with Crippen LogP contribution in [0.3, 0.4) is 0 Å². The van der Waals surface area contributed by atoms with E-state index in [-0.39, 0.29) is 5.91 Å². The summed E-state index contributed by atoms with van der Waals surface area (Å²) >= 11 is 0. The predicted octanol–water partition coefficient (Wildman–Crippen LogP) is -0.264. The van der Waals surface area contributed by atoms with E-state index in [9.17, 15) is 14.7 Å². The molecular weight excluding hydrogens is 326 g/mol. The number of aliphatic carboxylic acids is 1. The van der Waals surface area contributed by atoms with E-state index in [0.717, 1.165) is 5.56 Å². The van der Waals surface area contributed by atoms with Crippen molar-refractivity contribution in [3.8, 4) is 11.5 Å². The van der Waals surface area contributed by atoms with Crippen LogP contribution in [0, 0.1) is 11.8 Å². The minimum absolute atomic E-state index is 0.223. The lowest BCUT2D eigenvalue weighted by atomic mass is 9.77. The van der Waals surface area contributed by atoms with Crippen molar-refractivity contribution < 1.29 is 28.9 Å². The second kappa shape index (κ2) is 5.49. The first-order valence-electron chi connectivity index (χ1n) is 8.07. The van der Waals surface area contributed by atoms with Crippen LogP contribution in [0.25, 0.3) is 0 Å². The number of hydrogen-bond acceptors (Lipinski definition) is 6. The van der Waals surface area contributed by atoms with Crippen molar-refractivity contribution in [2.75, 3.05) is 20.8 Å². The van der Waals surface area contributed by atoms with Gasteiger partial charge in [-0.1, -0.05) is 12.2 Å². The molecule has 4 atom stereocenters. The number of ether oxygens (including phenoxy) is 3. The standard InChI is InChI=1S/C18H19NO6/c1-23-11-4-3-10(13(7-11)24-2)8-19-9-18-6-5-12(25-18)14(17(21)22)15(18)16(19)20/h3-7,12,14-15H,8-9H2,1-2H3,(H,21,22)/p-1/t12-,14-,15+,18+/m0/s1. The summed E-state index contributed by atoms with van der Waals surface area (Å²) in [6.45, 7) is 0.633. The molecule has 1 aromatic carbocycles. The highest BCUT2D eigenvalue weighted by atomic mass is 16.5. The maximum Gasteiger partial charge on any atom is 0.230 e. The number of amides is 1. The van der Waals surface area contributed by atoms with Gasteiger partial charge in [0.2, 0.25) is 5.91 Å². The topological polar surface area (TPSA) is 88.1 Å². The quantitative estimate of drug-likeness (QED) is 0.684. The van der Waals surface area contributed by atoms with Gasteiger partial charge < -0.3 is 29.0 Å². The van der Waals surface area contributed by atoms with Crippen LogP contribution in [0.5, 0.6) is 11.5 Å². The van der Waals surface area contributed by atoms with Crippen LogP contribution >= 0.6 is 0 Å². The lowest BCUT2D eigenvalue weighted by Gasteiger charge is -2.24. The fraction of sp³-hybridized carbons (Fsp3) is 0.444. The van der Waals surface area contributed by atoms with Gasteiger partial charge in [0.05, 0.1) is 32.8 Å². The Balaban J connectivity index is 1.61. The Morgan fingerprint density at radius 3 is 2.88 bits per heavy atom. The molecule has 3 heterocycles. The minimum atomic E-state index is -1.24. The van der Waals surface area contributed by atoms with E-state index < -0.39 is 29.5 Å². The average molecular weight is 344 g/mol. The molecule has 1 aromatic rings. The summed E-state index contributed by atoms with van der Waals surface area (Å²) in [5.41, 5.74) is -0.0387. The largest absolute Gasteiger partial charge is 0.550 e. The van der Waals surface area contributed by atoms with Gasteiger partial charge in [0.1, 0.15) is 17.1 Å². The molecular formula is C18H18NO6-. The summed E-state index contributed by atoms with van der Waals surface area (Å²) in [4.78, 5) is 26.0. The zero-order valence-electron chi connectivity index (χ0n) is 13.9. The van der Waals surface area contributed by atoms with Gasteiger partial charge in [0.15, 0.2) is 0 Å². The number of fused-ring (bicyclic) bond motifs is 1. The van der Waals surface area contributed by atoms with Gasteiger partial charge >= 0.3 is 0 Å². The fourth-order valence-corrected chi connectivity index (χ4v) is 4.17. The molecule has 7 heteroatoms. The Morgan fingerprint density at radius 1 is 1.40 bits per heavy atom. The molecule has 2 bridgehead atoms. The highest BCUT2D eigenvalue weighted by Gasteiger charge is 2.65. The maximum absolute atomic E-state index is 12.9.